The number of rotatable bonds is 6. The Labute approximate surface area is 141 Å². The summed E-state index contributed by atoms with van der Waals surface area (Å²) in [5, 5.41) is 5.53. The van der Waals surface area contributed by atoms with Crippen LogP contribution in [0.25, 0.3) is 0 Å². The number of nitrogens with two attached hydrogens (primary N) is 1. The molecule has 0 spiro atoms. The third kappa shape index (κ3) is 5.10. The van der Waals surface area contributed by atoms with Gasteiger partial charge in [0.05, 0.1) is 14.1 Å². The molecule has 0 aliphatic carbocycles. The van der Waals surface area contributed by atoms with E-state index in [0.29, 0.717) is 11.3 Å². The van der Waals surface area contributed by atoms with E-state index < -0.39 is 6.03 Å². The summed E-state index contributed by atoms with van der Waals surface area (Å²) in [6, 6.07) is 15.8. The van der Waals surface area contributed by atoms with E-state index in [4.69, 9.17) is 5.73 Å². The van der Waals surface area contributed by atoms with Gasteiger partial charge in [-0.05, 0) is 23.8 Å². The van der Waals surface area contributed by atoms with Crippen molar-refractivity contribution in [2.45, 2.75) is 6.04 Å². The van der Waals surface area contributed by atoms with Crippen LogP contribution in [0.1, 0.15) is 22.0 Å². The number of hydrogen-bond donors (Lipinski definition) is 4. The van der Waals surface area contributed by atoms with Gasteiger partial charge in [-0.25, -0.2) is 4.79 Å². The Bertz CT molecular complexity index is 701. The molecule has 3 amide bonds. The predicted molar refractivity (Wildman–Crippen MR) is 94.0 cm³/mol. The van der Waals surface area contributed by atoms with Gasteiger partial charge in [0.25, 0.3) is 5.91 Å². The van der Waals surface area contributed by atoms with Gasteiger partial charge in [0.15, 0.2) is 0 Å². The smallest absolute Gasteiger partial charge is 0.316 e. The molecule has 2 aromatic carbocycles. The van der Waals surface area contributed by atoms with E-state index in [9.17, 15) is 9.59 Å². The monoisotopic (exact) mass is 327 g/mol. The molecule has 6 nitrogen and oxygen atoms in total. The van der Waals surface area contributed by atoms with E-state index in [2.05, 4.69) is 10.6 Å². The second kappa shape index (κ2) is 8.12. The van der Waals surface area contributed by atoms with Crippen molar-refractivity contribution in [1.82, 2.24) is 5.32 Å². The Morgan fingerprint density at radius 2 is 1.79 bits per heavy atom. The molecule has 0 bridgehead atoms. The highest BCUT2D eigenvalue weighted by Crippen LogP contribution is 2.14. The lowest BCUT2D eigenvalue weighted by atomic mass is 10.1. The van der Waals surface area contributed by atoms with Crippen LogP contribution in [0, 0.1) is 0 Å². The maximum absolute atomic E-state index is 12.6. The molecule has 2 aromatic rings. The van der Waals surface area contributed by atoms with Gasteiger partial charge >= 0.3 is 6.03 Å². The molecule has 1 atom stereocenters. The minimum Gasteiger partial charge on any atom is -0.351 e. The molecule has 0 heterocycles. The van der Waals surface area contributed by atoms with Crippen LogP contribution in [0.2, 0.25) is 0 Å². The highest BCUT2D eigenvalue weighted by molar-refractivity contribution is 5.96. The lowest BCUT2D eigenvalue weighted by Crippen LogP contribution is -3.06. The summed E-state index contributed by atoms with van der Waals surface area (Å²) in [5.74, 6) is -0.196. The Hall–Kier alpha value is -2.86. The first kappa shape index (κ1) is 17.5. The first-order valence-corrected chi connectivity index (χ1v) is 7.77. The van der Waals surface area contributed by atoms with Crippen molar-refractivity contribution < 1.29 is 14.5 Å². The number of likely N-dealkylation sites (N-methyl/N-ethyl adjacent to an activating group) is 1. The van der Waals surface area contributed by atoms with Crippen LogP contribution in [0.5, 0.6) is 0 Å². The van der Waals surface area contributed by atoms with Crippen molar-refractivity contribution in [3.63, 3.8) is 0 Å². The number of urea groups is 1. The van der Waals surface area contributed by atoms with Crippen molar-refractivity contribution in [1.29, 1.82) is 0 Å². The molecule has 0 aromatic heterocycles. The van der Waals surface area contributed by atoms with Gasteiger partial charge in [0, 0.05) is 11.3 Å². The summed E-state index contributed by atoms with van der Waals surface area (Å²) >= 11 is 0. The highest BCUT2D eigenvalue weighted by Gasteiger charge is 2.18. The average Bonchev–Trinajstić information content (AvgIpc) is 2.54. The summed E-state index contributed by atoms with van der Waals surface area (Å²) in [5.41, 5.74) is 7.12. The van der Waals surface area contributed by atoms with Gasteiger partial charge in [-0.3, -0.25) is 4.79 Å². The van der Waals surface area contributed by atoms with Gasteiger partial charge in [0.1, 0.15) is 12.6 Å². The summed E-state index contributed by atoms with van der Waals surface area (Å²) in [7, 11) is 4.08. The number of hydrogen-bond acceptors (Lipinski definition) is 2. The van der Waals surface area contributed by atoms with Crippen molar-refractivity contribution in [2.24, 2.45) is 5.73 Å². The first-order valence-electron chi connectivity index (χ1n) is 7.77. The second-order valence-electron chi connectivity index (χ2n) is 5.92. The molecule has 126 valence electrons. The molecular formula is C18H23N4O2+. The van der Waals surface area contributed by atoms with Gasteiger partial charge in [-0.1, -0.05) is 36.4 Å². The van der Waals surface area contributed by atoms with Crippen molar-refractivity contribution >= 4 is 17.6 Å². The Morgan fingerprint density at radius 3 is 2.42 bits per heavy atom. The molecule has 0 saturated carbocycles. The van der Waals surface area contributed by atoms with E-state index in [1.807, 2.05) is 44.4 Å². The Morgan fingerprint density at radius 1 is 1.08 bits per heavy atom. The third-order valence-electron chi connectivity index (χ3n) is 3.51. The fraction of sp³-hybridized carbons (Fsp3) is 0.222. The number of nitrogens with one attached hydrogen (secondary N) is 3. The molecule has 2 rings (SSSR count). The highest BCUT2D eigenvalue weighted by atomic mass is 16.2. The van der Waals surface area contributed by atoms with E-state index in [1.54, 1.807) is 24.3 Å². The summed E-state index contributed by atoms with van der Waals surface area (Å²) < 4.78 is 0. The molecule has 0 aliphatic rings. The lowest BCUT2D eigenvalue weighted by molar-refractivity contribution is -0.860. The van der Waals surface area contributed by atoms with E-state index in [0.717, 1.165) is 12.1 Å². The molecule has 0 radical (unpaired) electrons. The lowest BCUT2D eigenvalue weighted by Gasteiger charge is -2.21. The zero-order chi connectivity index (χ0) is 17.5. The van der Waals surface area contributed by atoms with Crippen molar-refractivity contribution in [2.75, 3.05) is 26.0 Å². The molecule has 0 fully saturated rings. The molecule has 0 saturated heterocycles. The van der Waals surface area contributed by atoms with Gasteiger partial charge < -0.3 is 21.3 Å². The Kier molecular flexibility index (Phi) is 5.92. The van der Waals surface area contributed by atoms with E-state index in [-0.39, 0.29) is 11.9 Å². The number of anilines is 1. The molecule has 0 unspecified atom stereocenters. The van der Waals surface area contributed by atoms with Gasteiger partial charge in [0.2, 0.25) is 0 Å². The maximum atomic E-state index is 12.6. The number of carbonyl (C=O) groups excluding carboxylic acids is 2. The predicted octanol–water partition coefficient (Wildman–Crippen LogP) is 0.793. The fourth-order valence-corrected chi connectivity index (χ4v) is 2.47. The van der Waals surface area contributed by atoms with Crippen LogP contribution >= 0.6 is 0 Å². The number of amides is 3. The molecule has 24 heavy (non-hydrogen) atoms. The quantitative estimate of drug-likeness (QED) is 0.632. The zero-order valence-corrected chi connectivity index (χ0v) is 13.9. The Balaban J connectivity index is 2.17. The van der Waals surface area contributed by atoms with Crippen LogP contribution < -0.4 is 21.3 Å². The summed E-state index contributed by atoms with van der Waals surface area (Å²) in [4.78, 5) is 24.8. The normalized spacial score (nSPS) is 11.8. The standard InChI is InChI=1S/C18H22N4O2/c1-22(2)12-16(13-7-4-3-5-8-13)21-17(23)14-9-6-10-15(11-14)20-18(19)24/h3-11,16H,12H2,1-2H3,(H,21,23)(H3,19,20,24)/p+1/t16-/m0/s1. The van der Waals surface area contributed by atoms with Gasteiger partial charge in [-0.15, -0.1) is 0 Å². The maximum Gasteiger partial charge on any atom is 0.316 e. The largest absolute Gasteiger partial charge is 0.351 e. The van der Waals surface area contributed by atoms with Gasteiger partial charge in [-0.2, -0.15) is 0 Å². The van der Waals surface area contributed by atoms with Crippen LogP contribution in [0.4, 0.5) is 10.5 Å². The average molecular weight is 327 g/mol. The number of carbonyl (C=O) groups is 2. The minimum absolute atomic E-state index is 0.101. The molecular weight excluding hydrogens is 304 g/mol. The first-order chi connectivity index (χ1) is 11.5. The van der Waals surface area contributed by atoms with Crippen LogP contribution in [0.15, 0.2) is 54.6 Å². The zero-order valence-electron chi connectivity index (χ0n) is 13.9. The number of primary amides is 1. The minimum atomic E-state index is -0.661. The topological polar surface area (TPSA) is 88.7 Å². The molecule has 6 heteroatoms. The molecule has 5 N–H and O–H groups in total. The third-order valence-corrected chi connectivity index (χ3v) is 3.51. The summed E-state index contributed by atoms with van der Waals surface area (Å²) in [6.07, 6.45) is 0. The van der Waals surface area contributed by atoms with Crippen molar-refractivity contribution in [3.8, 4) is 0 Å². The fourth-order valence-electron chi connectivity index (χ4n) is 2.47. The van der Waals surface area contributed by atoms with E-state index in [1.165, 1.54) is 4.90 Å². The van der Waals surface area contributed by atoms with Crippen LogP contribution in [-0.2, 0) is 0 Å². The number of quaternary nitrogens is 1. The van der Waals surface area contributed by atoms with E-state index >= 15 is 0 Å². The number of benzene rings is 2. The SMILES string of the molecule is C[NH+](C)C[C@H](NC(=O)c1cccc(NC(N)=O)c1)c1ccccc1. The van der Waals surface area contributed by atoms with Crippen molar-refractivity contribution in [3.05, 3.63) is 65.7 Å². The second-order valence-corrected chi connectivity index (χ2v) is 5.92. The molecule has 0 aliphatic heterocycles. The van der Waals surface area contributed by atoms with Crippen LogP contribution in [-0.4, -0.2) is 32.6 Å². The summed E-state index contributed by atoms with van der Waals surface area (Å²) in [6.45, 7) is 0.759. The van der Waals surface area contributed by atoms with Crippen LogP contribution in [0.3, 0.4) is 0 Å².